The quantitative estimate of drug-likeness (QED) is 0.329. The van der Waals surface area contributed by atoms with Crippen LogP contribution in [0, 0.1) is 0 Å². The molecule has 0 amide bonds. The first kappa shape index (κ1) is 22.5. The van der Waals surface area contributed by atoms with Crippen LogP contribution < -0.4 is 11.5 Å². The molecular weight excluding hydrogens is 340 g/mol. The van der Waals surface area contributed by atoms with Crippen molar-refractivity contribution in [2.75, 3.05) is 50.4 Å². The van der Waals surface area contributed by atoms with Gasteiger partial charge in [0.1, 0.15) is 25.3 Å². The molecule has 0 heterocycles. The van der Waals surface area contributed by atoms with Gasteiger partial charge in [0.15, 0.2) is 0 Å². The molecule has 0 bridgehead atoms. The lowest BCUT2D eigenvalue weighted by atomic mass is 10.2. The molecule has 0 aliphatic carbocycles. The third-order valence-corrected chi connectivity index (χ3v) is 4.10. The van der Waals surface area contributed by atoms with Crippen molar-refractivity contribution in [3.63, 3.8) is 0 Å². The van der Waals surface area contributed by atoms with Gasteiger partial charge in [0, 0.05) is 0 Å². The van der Waals surface area contributed by atoms with E-state index in [0.29, 0.717) is 12.8 Å². The van der Waals surface area contributed by atoms with Crippen LogP contribution in [0.5, 0.6) is 0 Å². The second kappa shape index (κ2) is 15.1. The summed E-state index contributed by atoms with van der Waals surface area (Å²) in [6.07, 6.45) is 5.09. The zero-order valence-electron chi connectivity index (χ0n) is 13.8. The monoisotopic (exact) mass is 368 g/mol. The molecule has 0 radical (unpaired) electrons. The number of nitrogens with two attached hydrogens (primary N) is 2. The van der Waals surface area contributed by atoms with Gasteiger partial charge < -0.3 is 25.7 Å². The van der Waals surface area contributed by atoms with Crippen molar-refractivity contribution in [2.24, 2.45) is 11.5 Å². The van der Waals surface area contributed by atoms with E-state index in [1.165, 1.54) is 0 Å². The van der Waals surface area contributed by atoms with E-state index in [-0.39, 0.29) is 26.4 Å². The SMILES string of the molecule is CSCC[C@H](N)C(=O)OCCOCCOC(=O)[C@@H](N)CCSC. The van der Waals surface area contributed by atoms with Gasteiger partial charge in [0.05, 0.1) is 13.2 Å². The third kappa shape index (κ3) is 12.6. The van der Waals surface area contributed by atoms with Crippen molar-refractivity contribution in [1.82, 2.24) is 0 Å². The number of carbonyl (C=O) groups is 2. The Morgan fingerprint density at radius 3 is 1.57 bits per heavy atom. The summed E-state index contributed by atoms with van der Waals surface area (Å²) in [6.45, 7) is 0.730. The highest BCUT2D eigenvalue weighted by Gasteiger charge is 2.15. The summed E-state index contributed by atoms with van der Waals surface area (Å²) in [7, 11) is 0. The Labute approximate surface area is 146 Å². The molecule has 0 aliphatic rings. The molecule has 0 aliphatic heterocycles. The molecular formula is C14H28N2O5S2. The zero-order chi connectivity index (χ0) is 17.5. The molecule has 7 nitrogen and oxygen atoms in total. The lowest BCUT2D eigenvalue weighted by Gasteiger charge is -2.12. The normalized spacial score (nSPS) is 13.4. The Hall–Kier alpha value is -0.480. The lowest BCUT2D eigenvalue weighted by Crippen LogP contribution is -2.34. The molecule has 0 unspecified atom stereocenters. The smallest absolute Gasteiger partial charge is 0.323 e. The highest BCUT2D eigenvalue weighted by Crippen LogP contribution is 2.01. The van der Waals surface area contributed by atoms with Crippen molar-refractivity contribution in [3.8, 4) is 0 Å². The summed E-state index contributed by atoms with van der Waals surface area (Å²) >= 11 is 3.26. The minimum Gasteiger partial charge on any atom is -0.462 e. The maximum absolute atomic E-state index is 11.5. The van der Waals surface area contributed by atoms with Crippen LogP contribution >= 0.6 is 23.5 Å². The molecule has 4 N–H and O–H groups in total. The molecule has 0 aromatic rings. The Kier molecular flexibility index (Phi) is 14.8. The van der Waals surface area contributed by atoms with Gasteiger partial charge >= 0.3 is 11.9 Å². The largest absolute Gasteiger partial charge is 0.462 e. The average Bonchev–Trinajstić information content (AvgIpc) is 2.55. The average molecular weight is 369 g/mol. The summed E-state index contributed by atoms with van der Waals surface area (Å²) in [6, 6.07) is -1.18. The van der Waals surface area contributed by atoms with Crippen LogP contribution in [0.1, 0.15) is 12.8 Å². The van der Waals surface area contributed by atoms with Crippen LogP contribution in [0.4, 0.5) is 0 Å². The number of hydrogen-bond acceptors (Lipinski definition) is 9. The maximum atomic E-state index is 11.5. The molecule has 0 fully saturated rings. The molecule has 2 atom stereocenters. The molecule has 23 heavy (non-hydrogen) atoms. The highest BCUT2D eigenvalue weighted by molar-refractivity contribution is 7.98. The van der Waals surface area contributed by atoms with Crippen LogP contribution in [0.3, 0.4) is 0 Å². The molecule has 0 spiro atoms. The first-order chi connectivity index (χ1) is 11.0. The van der Waals surface area contributed by atoms with Crippen molar-refractivity contribution < 1.29 is 23.8 Å². The molecule has 0 saturated heterocycles. The van der Waals surface area contributed by atoms with Crippen LogP contribution in [0.25, 0.3) is 0 Å². The van der Waals surface area contributed by atoms with E-state index in [1.54, 1.807) is 23.5 Å². The number of rotatable bonds is 14. The molecule has 0 aromatic carbocycles. The van der Waals surface area contributed by atoms with Gasteiger partial charge in [-0.05, 0) is 36.9 Å². The van der Waals surface area contributed by atoms with Gasteiger partial charge in [0.25, 0.3) is 0 Å². The van der Waals surface area contributed by atoms with E-state index in [0.717, 1.165) is 11.5 Å². The lowest BCUT2D eigenvalue weighted by molar-refractivity contribution is -0.148. The predicted octanol–water partition coefficient (Wildman–Crippen LogP) is 0.250. The predicted molar refractivity (Wildman–Crippen MR) is 94.7 cm³/mol. The maximum Gasteiger partial charge on any atom is 0.323 e. The molecule has 136 valence electrons. The van der Waals surface area contributed by atoms with Gasteiger partial charge in [-0.25, -0.2) is 0 Å². The van der Waals surface area contributed by atoms with Gasteiger partial charge in [-0.15, -0.1) is 0 Å². The second-order valence-corrected chi connectivity index (χ2v) is 6.69. The topological polar surface area (TPSA) is 114 Å². The summed E-state index contributed by atoms with van der Waals surface area (Å²) in [5, 5.41) is 0. The van der Waals surface area contributed by atoms with E-state index in [1.807, 2.05) is 12.5 Å². The summed E-state index contributed by atoms with van der Waals surface area (Å²) in [5.74, 6) is 0.789. The van der Waals surface area contributed by atoms with Gasteiger partial charge in [-0.1, -0.05) is 0 Å². The van der Waals surface area contributed by atoms with E-state index < -0.39 is 24.0 Å². The number of carbonyl (C=O) groups excluding carboxylic acids is 2. The van der Waals surface area contributed by atoms with Gasteiger partial charge in [-0.2, -0.15) is 23.5 Å². The molecule has 9 heteroatoms. The Bertz CT molecular complexity index is 304. The van der Waals surface area contributed by atoms with Crippen molar-refractivity contribution >= 4 is 35.5 Å². The van der Waals surface area contributed by atoms with Crippen LogP contribution in [-0.2, 0) is 23.8 Å². The van der Waals surface area contributed by atoms with Gasteiger partial charge in [0.2, 0.25) is 0 Å². The van der Waals surface area contributed by atoms with Crippen molar-refractivity contribution in [1.29, 1.82) is 0 Å². The fraction of sp³-hybridized carbons (Fsp3) is 0.857. The van der Waals surface area contributed by atoms with Crippen LogP contribution in [0.2, 0.25) is 0 Å². The number of esters is 2. The fourth-order valence-corrected chi connectivity index (χ4v) is 2.42. The summed E-state index contributed by atoms with van der Waals surface area (Å²) in [5.41, 5.74) is 11.3. The summed E-state index contributed by atoms with van der Waals surface area (Å²) < 4.78 is 15.2. The summed E-state index contributed by atoms with van der Waals surface area (Å²) in [4.78, 5) is 23.0. The van der Waals surface area contributed by atoms with E-state index in [4.69, 9.17) is 25.7 Å². The molecule has 0 aromatic heterocycles. The first-order valence-corrected chi connectivity index (χ1v) is 10.2. The fourth-order valence-electron chi connectivity index (χ4n) is 1.44. The Morgan fingerprint density at radius 1 is 0.826 bits per heavy atom. The van der Waals surface area contributed by atoms with Crippen molar-refractivity contribution in [2.45, 2.75) is 24.9 Å². The van der Waals surface area contributed by atoms with E-state index in [9.17, 15) is 9.59 Å². The first-order valence-electron chi connectivity index (χ1n) is 7.43. The highest BCUT2D eigenvalue weighted by atomic mass is 32.2. The van der Waals surface area contributed by atoms with Crippen LogP contribution in [-0.4, -0.2) is 74.5 Å². The Balaban J connectivity index is 3.52. The molecule has 0 saturated carbocycles. The van der Waals surface area contributed by atoms with E-state index in [2.05, 4.69) is 0 Å². The number of thioether (sulfide) groups is 2. The number of hydrogen-bond donors (Lipinski definition) is 2. The minimum atomic E-state index is -0.592. The Morgan fingerprint density at radius 2 is 1.22 bits per heavy atom. The van der Waals surface area contributed by atoms with Crippen molar-refractivity contribution in [3.05, 3.63) is 0 Å². The molecule has 0 rings (SSSR count). The van der Waals surface area contributed by atoms with Gasteiger partial charge in [-0.3, -0.25) is 9.59 Å². The standard InChI is InChI=1S/C14H28N2O5S2/c1-22-9-3-11(15)13(17)20-7-5-19-6-8-21-14(18)12(16)4-10-23-2/h11-12H,3-10,15-16H2,1-2H3/t11-,12-/m0/s1. The number of ether oxygens (including phenoxy) is 3. The van der Waals surface area contributed by atoms with Crippen LogP contribution in [0.15, 0.2) is 0 Å². The van der Waals surface area contributed by atoms with E-state index >= 15 is 0 Å². The minimum absolute atomic E-state index is 0.132. The second-order valence-electron chi connectivity index (χ2n) is 4.72. The zero-order valence-corrected chi connectivity index (χ0v) is 15.5. The third-order valence-electron chi connectivity index (χ3n) is 2.82.